The molecule has 1 aliphatic heterocycles. The highest BCUT2D eigenvalue weighted by Gasteiger charge is 2.31. The van der Waals surface area contributed by atoms with Crippen LogP contribution in [-0.2, 0) is 19.4 Å². The van der Waals surface area contributed by atoms with E-state index in [-0.39, 0.29) is 42.1 Å². The minimum atomic E-state index is -3.69. The monoisotopic (exact) mass is 406 g/mol. The van der Waals surface area contributed by atoms with Crippen molar-refractivity contribution >= 4 is 38.9 Å². The molecule has 2 aromatic rings. The van der Waals surface area contributed by atoms with Crippen LogP contribution in [0.25, 0.3) is 0 Å². The van der Waals surface area contributed by atoms with Crippen LogP contribution in [0.3, 0.4) is 0 Å². The third-order valence-electron chi connectivity index (χ3n) is 4.36. The van der Waals surface area contributed by atoms with E-state index in [9.17, 15) is 18.0 Å². The first-order valence-electron chi connectivity index (χ1n) is 8.39. The van der Waals surface area contributed by atoms with Gasteiger partial charge < -0.3 is 4.90 Å². The molecule has 1 saturated heterocycles. The molecule has 0 saturated carbocycles. The molecule has 8 heteroatoms. The van der Waals surface area contributed by atoms with Gasteiger partial charge in [0.05, 0.1) is 4.90 Å². The minimum absolute atomic E-state index is 0.104. The normalized spacial score (nSPS) is 14.7. The molecule has 0 spiro atoms. The molecule has 0 aromatic heterocycles. The molecule has 0 aliphatic carbocycles. The largest absolute Gasteiger partial charge is 0.338 e. The molecule has 2 aromatic carbocycles. The smallest absolute Gasteiger partial charge is 0.231 e. The molecule has 0 N–H and O–H groups in total. The lowest BCUT2D eigenvalue weighted by atomic mass is 10.2. The summed E-state index contributed by atoms with van der Waals surface area (Å²) in [5, 5.41) is 0.442. The van der Waals surface area contributed by atoms with Gasteiger partial charge in [-0.2, -0.15) is 0 Å². The fraction of sp³-hybridized carbons (Fsp3) is 0.263. The van der Waals surface area contributed by atoms with Crippen LogP contribution in [-0.4, -0.2) is 37.7 Å². The average Bonchev–Trinajstić information content (AvgIpc) is 2.94. The molecule has 1 aliphatic rings. The van der Waals surface area contributed by atoms with Crippen molar-refractivity contribution in [2.45, 2.75) is 24.7 Å². The van der Waals surface area contributed by atoms with Crippen LogP contribution in [0.15, 0.2) is 53.4 Å². The third kappa shape index (κ3) is 4.48. The summed E-state index contributed by atoms with van der Waals surface area (Å²) in [6.45, 7) is 1.82. The number of carbonyl (C=O) groups is 2. The van der Waals surface area contributed by atoms with Gasteiger partial charge in [0.1, 0.15) is 12.5 Å². The second kappa shape index (κ2) is 7.70. The maximum atomic E-state index is 12.9. The van der Waals surface area contributed by atoms with Gasteiger partial charge in [-0.3, -0.25) is 14.5 Å². The highest BCUT2D eigenvalue weighted by atomic mass is 35.5. The molecule has 6 nitrogen and oxygen atoms in total. The van der Waals surface area contributed by atoms with Crippen LogP contribution in [0.1, 0.15) is 18.4 Å². The van der Waals surface area contributed by atoms with Gasteiger partial charge >= 0.3 is 0 Å². The summed E-state index contributed by atoms with van der Waals surface area (Å²) in [6, 6.07) is 13.2. The Kier molecular flexibility index (Phi) is 5.53. The first-order valence-corrected chi connectivity index (χ1v) is 10.4. The van der Waals surface area contributed by atoms with Crippen LogP contribution >= 0.6 is 11.6 Å². The number of hydrogen-bond acceptors (Lipinski definition) is 5. The number of carbonyl (C=O) groups excluding carboxylic acids is 2. The molecular weight excluding hydrogens is 388 g/mol. The maximum absolute atomic E-state index is 12.9. The van der Waals surface area contributed by atoms with Gasteiger partial charge in [0.2, 0.25) is 11.8 Å². The minimum Gasteiger partial charge on any atom is -0.338 e. The van der Waals surface area contributed by atoms with Crippen molar-refractivity contribution in [2.75, 3.05) is 17.4 Å². The summed E-state index contributed by atoms with van der Waals surface area (Å²) in [5.41, 5.74) is 1.64. The second-order valence-electron chi connectivity index (χ2n) is 6.43. The first-order chi connectivity index (χ1) is 12.8. The summed E-state index contributed by atoms with van der Waals surface area (Å²) in [7, 11) is -3.69. The van der Waals surface area contributed by atoms with Crippen molar-refractivity contribution in [3.8, 4) is 0 Å². The number of anilines is 1. The molecule has 0 atom stereocenters. The predicted molar refractivity (Wildman–Crippen MR) is 103 cm³/mol. The van der Waals surface area contributed by atoms with Gasteiger partial charge in [-0.15, -0.1) is 0 Å². The van der Waals surface area contributed by atoms with Crippen LogP contribution in [0.5, 0.6) is 0 Å². The number of hydrogen-bond donors (Lipinski definition) is 0. The van der Waals surface area contributed by atoms with Gasteiger partial charge in [-0.05, 0) is 43.3 Å². The molecular formula is C19H19ClN2O4S. The first kappa shape index (κ1) is 19.4. The topological polar surface area (TPSA) is 74.8 Å². The highest BCUT2D eigenvalue weighted by Crippen LogP contribution is 2.23. The van der Waals surface area contributed by atoms with E-state index < -0.39 is 9.84 Å². The molecule has 0 radical (unpaired) electrons. The van der Waals surface area contributed by atoms with Crippen LogP contribution < -0.4 is 4.90 Å². The number of benzene rings is 2. The summed E-state index contributed by atoms with van der Waals surface area (Å²) in [5.74, 6) is -0.948. The summed E-state index contributed by atoms with van der Waals surface area (Å²) in [4.78, 5) is 26.7. The standard InChI is InChI=1S/C19H19ClN2O4S/c1-14-2-6-16(7-3-14)21(12-22-18(23)10-11-19(22)24)13-27(25,26)17-8-4-15(20)5-9-17/h2-9H,10-13H2,1H3. The van der Waals surface area contributed by atoms with Gasteiger partial charge in [-0.1, -0.05) is 29.3 Å². The van der Waals surface area contributed by atoms with Crippen molar-refractivity contribution in [3.05, 3.63) is 59.1 Å². The lowest BCUT2D eigenvalue weighted by Gasteiger charge is -2.28. The van der Waals surface area contributed by atoms with Gasteiger partial charge in [0.25, 0.3) is 0 Å². The zero-order valence-electron chi connectivity index (χ0n) is 14.8. The average molecular weight is 407 g/mol. The highest BCUT2D eigenvalue weighted by molar-refractivity contribution is 7.91. The Morgan fingerprint density at radius 1 is 0.963 bits per heavy atom. The van der Waals surface area contributed by atoms with Crippen molar-refractivity contribution in [3.63, 3.8) is 0 Å². The van der Waals surface area contributed by atoms with Gasteiger partial charge in [-0.25, -0.2) is 8.42 Å². The summed E-state index contributed by atoms with van der Waals surface area (Å²) < 4.78 is 25.7. The van der Waals surface area contributed by atoms with Gasteiger partial charge in [0, 0.05) is 23.6 Å². The maximum Gasteiger partial charge on any atom is 0.231 e. The molecule has 0 bridgehead atoms. The number of sulfone groups is 1. The number of imide groups is 1. The van der Waals surface area contributed by atoms with E-state index in [2.05, 4.69) is 0 Å². The number of halogens is 1. The summed E-state index contributed by atoms with van der Waals surface area (Å²) >= 11 is 5.84. The fourth-order valence-electron chi connectivity index (χ4n) is 2.83. The molecule has 1 fully saturated rings. The SMILES string of the molecule is Cc1ccc(N(CN2C(=O)CCC2=O)CS(=O)(=O)c2ccc(Cl)cc2)cc1. The zero-order chi connectivity index (χ0) is 19.6. The van der Waals surface area contributed by atoms with E-state index in [4.69, 9.17) is 11.6 Å². The molecule has 0 unspecified atom stereocenters. The number of aryl methyl sites for hydroxylation is 1. The number of likely N-dealkylation sites (tertiary alicyclic amines) is 1. The Morgan fingerprint density at radius 2 is 1.52 bits per heavy atom. The summed E-state index contributed by atoms with van der Waals surface area (Å²) in [6.07, 6.45) is 0.314. The third-order valence-corrected chi connectivity index (χ3v) is 6.26. The second-order valence-corrected chi connectivity index (χ2v) is 8.83. The van der Waals surface area contributed by atoms with Crippen LogP contribution in [0.4, 0.5) is 5.69 Å². The van der Waals surface area contributed by atoms with E-state index in [0.29, 0.717) is 10.7 Å². The quantitative estimate of drug-likeness (QED) is 0.689. The van der Waals surface area contributed by atoms with E-state index in [1.807, 2.05) is 19.1 Å². The fourth-order valence-corrected chi connectivity index (χ4v) is 4.29. The molecule has 2 amide bonds. The molecule has 27 heavy (non-hydrogen) atoms. The number of nitrogens with zero attached hydrogens (tertiary/aromatic N) is 2. The van der Waals surface area contributed by atoms with Crippen LogP contribution in [0.2, 0.25) is 5.02 Å². The molecule has 3 rings (SSSR count). The lowest BCUT2D eigenvalue weighted by Crippen LogP contribution is -2.43. The van der Waals surface area contributed by atoms with E-state index in [1.54, 1.807) is 12.1 Å². The predicted octanol–water partition coefficient (Wildman–Crippen LogP) is 2.99. The Bertz CT molecular complexity index is 940. The van der Waals surface area contributed by atoms with E-state index in [1.165, 1.54) is 29.2 Å². The van der Waals surface area contributed by atoms with Crippen LogP contribution in [0, 0.1) is 6.92 Å². The van der Waals surface area contributed by atoms with Crippen molar-refractivity contribution in [1.29, 1.82) is 0 Å². The Labute approximate surface area is 163 Å². The van der Waals surface area contributed by atoms with Gasteiger partial charge in [0.15, 0.2) is 9.84 Å². The molecule has 1 heterocycles. The van der Waals surface area contributed by atoms with E-state index >= 15 is 0 Å². The zero-order valence-corrected chi connectivity index (χ0v) is 16.3. The Balaban J connectivity index is 1.91. The Morgan fingerprint density at radius 3 is 2.07 bits per heavy atom. The number of amides is 2. The van der Waals surface area contributed by atoms with Crippen molar-refractivity contribution < 1.29 is 18.0 Å². The number of rotatable bonds is 6. The lowest BCUT2D eigenvalue weighted by molar-refractivity contribution is -0.138. The van der Waals surface area contributed by atoms with Crippen molar-refractivity contribution in [1.82, 2.24) is 4.90 Å². The molecule has 142 valence electrons. The Hall–Kier alpha value is -2.38. The van der Waals surface area contributed by atoms with E-state index in [0.717, 1.165) is 10.5 Å². The van der Waals surface area contributed by atoms with Crippen molar-refractivity contribution in [2.24, 2.45) is 0 Å².